The summed E-state index contributed by atoms with van der Waals surface area (Å²) < 4.78 is 13.7. The lowest BCUT2D eigenvalue weighted by Gasteiger charge is -2.29. The number of aromatic nitrogens is 4. The van der Waals surface area contributed by atoms with Crippen LogP contribution in [0.15, 0.2) is 194 Å². The fourth-order valence-corrected chi connectivity index (χ4v) is 9.70. The van der Waals surface area contributed by atoms with Crippen LogP contribution in [0.5, 0.6) is 11.5 Å². The lowest BCUT2D eigenvalue weighted by Crippen LogP contribution is -2.40. The highest BCUT2D eigenvalue weighted by Gasteiger charge is 2.30. The molecule has 0 fully saturated rings. The van der Waals surface area contributed by atoms with Crippen molar-refractivity contribution in [2.75, 3.05) is 0 Å². The van der Waals surface area contributed by atoms with Crippen LogP contribution in [0.1, 0.15) is 103 Å². The maximum Gasteiger partial charge on any atom is 0.269 e. The molecule has 0 amide bonds. The molecule has 0 aliphatic heterocycles. The van der Waals surface area contributed by atoms with E-state index in [9.17, 15) is 0 Å². The molecule has 3 aromatic heterocycles. The van der Waals surface area contributed by atoms with Crippen molar-refractivity contribution in [2.24, 2.45) is 0 Å². The first-order valence-electron chi connectivity index (χ1n) is 24.2. The average Bonchev–Trinajstić information content (AvgIpc) is 3.95. The molecule has 10 aromatic rings. The van der Waals surface area contributed by atoms with E-state index in [1.54, 1.807) is 0 Å². The predicted octanol–water partition coefficient (Wildman–Crippen LogP) is 15.8. The number of nitrogens with zero attached hydrogens (tertiary/aromatic N) is 4. The Bertz CT molecular complexity index is 3470. The van der Waals surface area contributed by atoms with E-state index in [0.717, 1.165) is 61.9 Å². The van der Waals surface area contributed by atoms with Crippen molar-refractivity contribution < 1.29 is 9.30 Å². The van der Waals surface area contributed by atoms with Crippen LogP contribution in [0.4, 0.5) is 0 Å². The maximum absolute atomic E-state index is 7.04. The quantitative estimate of drug-likeness (QED) is 0.101. The molecule has 0 aliphatic carbocycles. The standard InChI is InChI=1S/C64H62N4O/c1-61(2,3)48-29-32-57-56(38-48)55-31-30-53(41-58(55)68(57)60-39-49(33-34-65-60)62(4,5)6)69-54-36-45(44-21-14-11-15-22-44)35-52(40-54)66-42-59(64(9,10)47-25-18-13-19-26-47)67(43-66)51-28-20-27-50(37-51)63(7,8)46-23-16-12-17-24-46/h11-42H,1-10H3. The third-order valence-electron chi connectivity index (χ3n) is 14.1. The van der Waals surface area contributed by atoms with Gasteiger partial charge in [0.15, 0.2) is 0 Å². The van der Waals surface area contributed by atoms with Crippen LogP contribution in [0, 0.1) is 6.33 Å². The van der Waals surface area contributed by atoms with Crippen LogP contribution in [-0.2, 0) is 21.7 Å². The van der Waals surface area contributed by atoms with Gasteiger partial charge in [0.05, 0.1) is 28.1 Å². The van der Waals surface area contributed by atoms with Gasteiger partial charge in [-0.25, -0.2) is 4.98 Å². The van der Waals surface area contributed by atoms with Crippen molar-refractivity contribution in [1.82, 2.24) is 14.1 Å². The number of ether oxygens (including phenoxy) is 1. The number of fused-ring (bicyclic) bond motifs is 3. The van der Waals surface area contributed by atoms with Gasteiger partial charge in [-0.2, -0.15) is 0 Å². The third kappa shape index (κ3) is 8.67. The molecule has 10 rings (SSSR count). The summed E-state index contributed by atoms with van der Waals surface area (Å²) in [5.74, 6) is 2.35. The minimum absolute atomic E-state index is 0.00462. The summed E-state index contributed by atoms with van der Waals surface area (Å²) in [4.78, 5) is 4.98. The second-order valence-corrected chi connectivity index (χ2v) is 21.7. The first-order chi connectivity index (χ1) is 32.9. The first-order valence-corrected chi connectivity index (χ1v) is 24.2. The summed E-state index contributed by atoms with van der Waals surface area (Å²) in [6.45, 7) is 22.8. The molecule has 69 heavy (non-hydrogen) atoms. The fraction of sp³-hybridized carbons (Fsp3) is 0.219. The van der Waals surface area contributed by atoms with Crippen LogP contribution < -0.4 is 9.30 Å². The SMILES string of the molecule is CC(C)(C)c1ccnc(-n2c3ccc(C(C)(C)C)cc3c3ccc(Oc4cc(-c5ccccc5)cc(-n5[c-][n+](-c6cccc(C(C)(C)c7ccccc7)c6)c(C(C)(C)c6ccccc6)c5)c4)cc32)c1. The Morgan fingerprint density at radius 3 is 1.78 bits per heavy atom. The van der Waals surface area contributed by atoms with Gasteiger partial charge < -0.3 is 4.74 Å². The molecule has 0 unspecified atom stereocenters. The first kappa shape index (κ1) is 45.3. The molecule has 0 saturated carbocycles. The number of imidazole rings is 1. The molecule has 7 aromatic carbocycles. The summed E-state index contributed by atoms with van der Waals surface area (Å²) >= 11 is 0. The monoisotopic (exact) mass is 902 g/mol. The van der Waals surface area contributed by atoms with E-state index in [0.29, 0.717) is 0 Å². The molecular formula is C64H62N4O. The van der Waals surface area contributed by atoms with E-state index in [4.69, 9.17) is 9.72 Å². The molecular weight excluding hydrogens is 841 g/mol. The van der Waals surface area contributed by atoms with Gasteiger partial charge in [-0.3, -0.25) is 13.7 Å². The van der Waals surface area contributed by atoms with E-state index >= 15 is 0 Å². The Balaban J connectivity index is 1.13. The van der Waals surface area contributed by atoms with Crippen LogP contribution in [0.2, 0.25) is 0 Å². The van der Waals surface area contributed by atoms with Crippen molar-refractivity contribution in [2.45, 2.75) is 90.9 Å². The molecule has 5 heteroatoms. The molecule has 0 atom stereocenters. The average molecular weight is 903 g/mol. The van der Waals surface area contributed by atoms with Crippen molar-refractivity contribution in [3.8, 4) is 39.8 Å². The topological polar surface area (TPSA) is 35.9 Å². The Morgan fingerprint density at radius 1 is 0.464 bits per heavy atom. The Kier molecular flexibility index (Phi) is 11.3. The summed E-state index contributed by atoms with van der Waals surface area (Å²) in [6.07, 6.45) is 8.02. The minimum atomic E-state index is -0.382. The van der Waals surface area contributed by atoms with Gasteiger partial charge in [0, 0.05) is 40.1 Å². The number of rotatable bonds is 10. The molecule has 0 saturated heterocycles. The van der Waals surface area contributed by atoms with E-state index in [1.807, 2.05) is 6.20 Å². The van der Waals surface area contributed by atoms with Gasteiger partial charge >= 0.3 is 0 Å². The smallest absolute Gasteiger partial charge is 0.269 e. The van der Waals surface area contributed by atoms with Gasteiger partial charge in [0.2, 0.25) is 0 Å². The molecule has 0 spiro atoms. The zero-order valence-electron chi connectivity index (χ0n) is 41.7. The molecule has 3 heterocycles. The number of pyridine rings is 1. The van der Waals surface area contributed by atoms with Crippen LogP contribution in [-0.4, -0.2) is 14.1 Å². The highest BCUT2D eigenvalue weighted by Crippen LogP contribution is 2.40. The molecule has 0 bridgehead atoms. The molecule has 0 N–H and O–H groups in total. The lowest BCUT2D eigenvalue weighted by atomic mass is 9.78. The highest BCUT2D eigenvalue weighted by molar-refractivity contribution is 6.09. The second kappa shape index (κ2) is 17.2. The van der Waals surface area contributed by atoms with Crippen molar-refractivity contribution >= 4 is 21.8 Å². The molecule has 0 radical (unpaired) electrons. The van der Waals surface area contributed by atoms with Crippen molar-refractivity contribution in [3.63, 3.8) is 0 Å². The summed E-state index contributed by atoms with van der Waals surface area (Å²) in [7, 11) is 0. The van der Waals surface area contributed by atoms with Crippen molar-refractivity contribution in [3.05, 3.63) is 234 Å². The van der Waals surface area contributed by atoms with Gasteiger partial charge in [0.25, 0.3) is 6.33 Å². The minimum Gasteiger partial charge on any atom is -0.458 e. The normalized spacial score (nSPS) is 12.5. The van der Waals surface area contributed by atoms with Gasteiger partial charge in [0.1, 0.15) is 17.3 Å². The Hall–Kier alpha value is -7.50. The van der Waals surface area contributed by atoms with E-state index in [1.165, 1.54) is 33.2 Å². The number of hydrogen-bond acceptors (Lipinski definition) is 2. The van der Waals surface area contributed by atoms with Crippen LogP contribution in [0.3, 0.4) is 0 Å². The van der Waals surface area contributed by atoms with Gasteiger partial charge in [-0.05, 0) is 117 Å². The number of benzene rings is 7. The van der Waals surface area contributed by atoms with E-state index in [2.05, 4.69) is 277 Å². The maximum atomic E-state index is 7.04. The Labute approximate surface area is 408 Å². The van der Waals surface area contributed by atoms with Crippen molar-refractivity contribution in [1.29, 1.82) is 0 Å². The van der Waals surface area contributed by atoms with Crippen LogP contribution in [0.25, 0.3) is 50.1 Å². The second-order valence-electron chi connectivity index (χ2n) is 21.7. The largest absolute Gasteiger partial charge is 0.458 e. The predicted molar refractivity (Wildman–Crippen MR) is 285 cm³/mol. The molecule has 0 aliphatic rings. The van der Waals surface area contributed by atoms with E-state index in [-0.39, 0.29) is 21.7 Å². The molecule has 5 nitrogen and oxygen atoms in total. The zero-order valence-corrected chi connectivity index (χ0v) is 41.7. The summed E-state index contributed by atoms with van der Waals surface area (Å²) in [5, 5.41) is 2.35. The summed E-state index contributed by atoms with van der Waals surface area (Å²) in [6, 6.07) is 65.2. The molecule has 344 valence electrons. The Morgan fingerprint density at radius 2 is 1.10 bits per heavy atom. The van der Waals surface area contributed by atoms with E-state index < -0.39 is 0 Å². The zero-order chi connectivity index (χ0) is 48.3. The van der Waals surface area contributed by atoms with Gasteiger partial charge in [-0.1, -0.05) is 178 Å². The van der Waals surface area contributed by atoms with Crippen LogP contribution >= 0.6 is 0 Å². The van der Waals surface area contributed by atoms with Gasteiger partial charge in [-0.15, -0.1) is 0 Å². The third-order valence-corrected chi connectivity index (χ3v) is 14.1. The summed E-state index contributed by atoms with van der Waals surface area (Å²) in [5.41, 5.74) is 13.0. The number of hydrogen-bond donors (Lipinski definition) is 0. The lowest BCUT2D eigenvalue weighted by molar-refractivity contribution is -0.611. The fourth-order valence-electron chi connectivity index (χ4n) is 9.70. The highest BCUT2D eigenvalue weighted by atomic mass is 16.5.